The lowest BCUT2D eigenvalue weighted by Gasteiger charge is -2.41. The van der Waals surface area contributed by atoms with Crippen LogP contribution in [0.25, 0.3) is 0 Å². The smallest absolute Gasteiger partial charge is 0.310 e. The Kier molecular flexibility index (Phi) is 21.5. The first kappa shape index (κ1) is 33.9. The maximum Gasteiger partial charge on any atom is 0.310 e. The van der Waals surface area contributed by atoms with Crippen LogP contribution in [0.5, 0.6) is 0 Å². The summed E-state index contributed by atoms with van der Waals surface area (Å²) in [6.07, 6.45) is 24.3. The van der Waals surface area contributed by atoms with Crippen molar-refractivity contribution in [2.75, 3.05) is 0 Å². The van der Waals surface area contributed by atoms with E-state index in [1.165, 1.54) is 77.0 Å². The second kappa shape index (κ2) is 22.2. The molecule has 0 radical (unpaired) electrons. The molecule has 0 aromatic rings. The number of carboxylic acids is 2. The van der Waals surface area contributed by atoms with Crippen molar-refractivity contribution in [2.24, 2.45) is 17.3 Å². The number of unbranched alkanes of at least 4 members (excludes halogenated alkanes) is 15. The molecule has 0 heterocycles. The monoisotopic (exact) mass is 496 g/mol. The predicted octanol–water partition coefficient (Wildman–Crippen LogP) is 10.0. The molecule has 0 bridgehead atoms. The Morgan fingerprint density at radius 3 is 1.40 bits per heavy atom. The highest BCUT2D eigenvalue weighted by atomic mass is 16.4. The Morgan fingerprint density at radius 2 is 1.00 bits per heavy atom. The van der Waals surface area contributed by atoms with E-state index in [-0.39, 0.29) is 5.92 Å². The summed E-state index contributed by atoms with van der Waals surface area (Å²) in [7, 11) is 0. The summed E-state index contributed by atoms with van der Waals surface area (Å²) in [5, 5.41) is 19.2. The van der Waals surface area contributed by atoms with Crippen LogP contribution in [0.1, 0.15) is 169 Å². The Bertz CT molecular complexity index is 516. The zero-order valence-corrected chi connectivity index (χ0v) is 23.9. The normalized spacial score (nSPS) is 14.2. The van der Waals surface area contributed by atoms with Gasteiger partial charge < -0.3 is 10.2 Å². The van der Waals surface area contributed by atoms with E-state index in [0.717, 1.165) is 57.8 Å². The average Bonchev–Trinajstić information content (AvgIpc) is 2.81. The van der Waals surface area contributed by atoms with Crippen molar-refractivity contribution in [1.29, 1.82) is 0 Å². The van der Waals surface area contributed by atoms with Gasteiger partial charge in [0.2, 0.25) is 0 Å². The van der Waals surface area contributed by atoms with Crippen molar-refractivity contribution in [1.82, 2.24) is 0 Å². The van der Waals surface area contributed by atoms with Crippen LogP contribution in [0.2, 0.25) is 0 Å². The maximum atomic E-state index is 12.8. The highest BCUT2D eigenvalue weighted by molar-refractivity contribution is 5.75. The van der Waals surface area contributed by atoms with Gasteiger partial charge in [0.1, 0.15) is 0 Å². The number of carbonyl (C=O) groups is 2. The summed E-state index contributed by atoms with van der Waals surface area (Å²) in [6, 6.07) is 0. The fourth-order valence-corrected chi connectivity index (χ4v) is 5.90. The van der Waals surface area contributed by atoms with Gasteiger partial charge in [0.05, 0.1) is 5.41 Å². The molecule has 0 spiro atoms. The molecule has 0 saturated heterocycles. The fraction of sp³-hybridized carbons (Fsp3) is 0.935. The van der Waals surface area contributed by atoms with Crippen LogP contribution >= 0.6 is 0 Å². The molecule has 0 aliphatic rings. The van der Waals surface area contributed by atoms with E-state index in [1.54, 1.807) is 0 Å². The summed E-state index contributed by atoms with van der Waals surface area (Å²) < 4.78 is 0. The molecule has 0 saturated carbocycles. The first-order chi connectivity index (χ1) is 16.8. The van der Waals surface area contributed by atoms with E-state index in [4.69, 9.17) is 5.11 Å². The summed E-state index contributed by atoms with van der Waals surface area (Å²) >= 11 is 0. The molecule has 2 N–H and O–H groups in total. The lowest BCUT2D eigenvalue weighted by Crippen LogP contribution is -2.43. The quantitative estimate of drug-likeness (QED) is 0.117. The topological polar surface area (TPSA) is 74.6 Å². The van der Waals surface area contributed by atoms with E-state index < -0.39 is 17.4 Å². The maximum absolute atomic E-state index is 12.8. The van der Waals surface area contributed by atoms with Crippen molar-refractivity contribution in [3.05, 3.63) is 0 Å². The molecule has 4 heteroatoms. The van der Waals surface area contributed by atoms with Gasteiger partial charge in [-0.1, -0.05) is 137 Å². The molecule has 0 aliphatic carbocycles. The lowest BCUT2D eigenvalue weighted by atomic mass is 9.62. The molecule has 4 nitrogen and oxygen atoms in total. The highest BCUT2D eigenvalue weighted by Gasteiger charge is 2.46. The third kappa shape index (κ3) is 15.6. The fourth-order valence-electron chi connectivity index (χ4n) is 5.90. The summed E-state index contributed by atoms with van der Waals surface area (Å²) in [4.78, 5) is 23.3. The van der Waals surface area contributed by atoms with Crippen LogP contribution in [0.3, 0.4) is 0 Å². The lowest BCUT2D eigenvalue weighted by molar-refractivity contribution is -0.158. The van der Waals surface area contributed by atoms with Gasteiger partial charge in [0, 0.05) is 6.42 Å². The number of carboxylic acid groups (broad SMARTS) is 2. The van der Waals surface area contributed by atoms with Crippen molar-refractivity contribution in [2.45, 2.75) is 169 Å². The van der Waals surface area contributed by atoms with Crippen LogP contribution in [0.4, 0.5) is 0 Å². The molecule has 2 unspecified atom stereocenters. The third-order valence-electron chi connectivity index (χ3n) is 8.20. The van der Waals surface area contributed by atoms with Gasteiger partial charge >= 0.3 is 11.9 Å². The molecule has 35 heavy (non-hydrogen) atoms. The third-order valence-corrected chi connectivity index (χ3v) is 8.20. The molecular weight excluding hydrogens is 436 g/mol. The van der Waals surface area contributed by atoms with Gasteiger partial charge in [-0.3, -0.25) is 9.59 Å². The first-order valence-electron chi connectivity index (χ1n) is 15.3. The summed E-state index contributed by atoms with van der Waals surface area (Å²) in [6.45, 7) is 8.75. The molecule has 0 rings (SSSR count). The molecule has 0 fully saturated rings. The van der Waals surface area contributed by atoms with Crippen LogP contribution < -0.4 is 0 Å². The highest BCUT2D eigenvalue weighted by Crippen LogP contribution is 2.46. The van der Waals surface area contributed by atoms with E-state index >= 15 is 0 Å². The minimum absolute atomic E-state index is 0.174. The summed E-state index contributed by atoms with van der Waals surface area (Å²) in [5.41, 5.74) is -0.569. The Labute approximate surface area is 218 Å². The molecule has 0 aromatic carbocycles. The van der Waals surface area contributed by atoms with Gasteiger partial charge in [0.25, 0.3) is 0 Å². The summed E-state index contributed by atoms with van der Waals surface area (Å²) in [5.74, 6) is -0.760. The van der Waals surface area contributed by atoms with Crippen LogP contribution in [0, 0.1) is 17.3 Å². The SMILES string of the molecule is CCCCCCC(CCCCCCCCCCCCC(=O)O)C(CCCCCC)(C(=O)O)C(C)C. The van der Waals surface area contributed by atoms with E-state index in [9.17, 15) is 14.7 Å². The predicted molar refractivity (Wildman–Crippen MR) is 149 cm³/mol. The Morgan fingerprint density at radius 1 is 0.600 bits per heavy atom. The van der Waals surface area contributed by atoms with E-state index in [1.807, 2.05) is 0 Å². The van der Waals surface area contributed by atoms with Gasteiger partial charge in [-0.05, 0) is 37.5 Å². The molecule has 0 aliphatic heterocycles. The second-order valence-corrected chi connectivity index (χ2v) is 11.3. The molecule has 0 amide bonds. The number of rotatable bonds is 26. The molecule has 2 atom stereocenters. The first-order valence-corrected chi connectivity index (χ1v) is 15.3. The van der Waals surface area contributed by atoms with Crippen LogP contribution in [-0.4, -0.2) is 22.2 Å². The minimum Gasteiger partial charge on any atom is -0.481 e. The Hall–Kier alpha value is -1.06. The van der Waals surface area contributed by atoms with E-state index in [2.05, 4.69) is 27.7 Å². The van der Waals surface area contributed by atoms with E-state index in [0.29, 0.717) is 12.3 Å². The van der Waals surface area contributed by atoms with Gasteiger partial charge in [-0.25, -0.2) is 0 Å². The van der Waals surface area contributed by atoms with Crippen molar-refractivity contribution < 1.29 is 19.8 Å². The van der Waals surface area contributed by atoms with Gasteiger partial charge in [-0.2, -0.15) is 0 Å². The van der Waals surface area contributed by atoms with Gasteiger partial charge in [-0.15, -0.1) is 0 Å². The minimum atomic E-state index is -0.682. The van der Waals surface area contributed by atoms with Crippen molar-refractivity contribution in [3.8, 4) is 0 Å². The molecular formula is C31H60O4. The van der Waals surface area contributed by atoms with Crippen LogP contribution in [-0.2, 0) is 9.59 Å². The zero-order valence-electron chi connectivity index (χ0n) is 23.9. The average molecular weight is 497 g/mol. The van der Waals surface area contributed by atoms with Crippen molar-refractivity contribution >= 4 is 11.9 Å². The number of hydrogen-bond acceptors (Lipinski definition) is 2. The molecule has 0 aromatic heterocycles. The van der Waals surface area contributed by atoms with Crippen LogP contribution in [0.15, 0.2) is 0 Å². The van der Waals surface area contributed by atoms with Gasteiger partial charge in [0.15, 0.2) is 0 Å². The number of aliphatic carboxylic acids is 2. The Balaban J connectivity index is 4.61. The zero-order chi connectivity index (χ0) is 26.4. The largest absolute Gasteiger partial charge is 0.481 e. The molecule has 208 valence electrons. The second-order valence-electron chi connectivity index (χ2n) is 11.3. The number of hydrogen-bond donors (Lipinski definition) is 2. The van der Waals surface area contributed by atoms with Crippen molar-refractivity contribution in [3.63, 3.8) is 0 Å². The standard InChI is InChI=1S/C31H60O4/c1-5-7-9-19-23-28(31(27(3)4,30(34)35)26-22-10-8-6-2)24-20-17-15-13-11-12-14-16-18-21-25-29(32)33/h27-28H,5-26H2,1-4H3,(H,32,33)(H,34,35).